The smallest absolute Gasteiger partial charge is 0.133 e. The molecule has 2 rings (SSSR count). The molecule has 2 heterocycles. The minimum atomic E-state index is 0.333. The average molecular weight is 245 g/mol. The molecule has 0 fully saturated rings. The standard InChI is InChI=1S/C14H15NOS/c16-14(6-4-13-7-9-17-11-13)5-3-12-2-1-8-15-10-12/h1-2,7-11H,3-6H2. The number of carbonyl (C=O) groups excluding carboxylic acids is 1. The molecule has 0 bridgehead atoms. The summed E-state index contributed by atoms with van der Waals surface area (Å²) < 4.78 is 0. The summed E-state index contributed by atoms with van der Waals surface area (Å²) in [4.78, 5) is 15.7. The Morgan fingerprint density at radius 3 is 2.65 bits per heavy atom. The van der Waals surface area contributed by atoms with Gasteiger partial charge in [0.2, 0.25) is 0 Å². The molecule has 0 saturated carbocycles. The number of aryl methyl sites for hydroxylation is 2. The van der Waals surface area contributed by atoms with Gasteiger partial charge in [0.1, 0.15) is 5.78 Å². The van der Waals surface area contributed by atoms with Crippen molar-refractivity contribution in [2.75, 3.05) is 0 Å². The average Bonchev–Trinajstić information content (AvgIpc) is 2.88. The first kappa shape index (κ1) is 12.0. The van der Waals surface area contributed by atoms with Crippen molar-refractivity contribution in [2.45, 2.75) is 25.7 Å². The molecule has 0 unspecified atom stereocenters. The van der Waals surface area contributed by atoms with E-state index in [4.69, 9.17) is 0 Å². The number of aromatic nitrogens is 1. The van der Waals surface area contributed by atoms with E-state index in [9.17, 15) is 4.79 Å². The van der Waals surface area contributed by atoms with Crippen LogP contribution in [0.2, 0.25) is 0 Å². The van der Waals surface area contributed by atoms with Crippen molar-refractivity contribution in [3.05, 3.63) is 52.5 Å². The highest BCUT2D eigenvalue weighted by Gasteiger charge is 2.03. The van der Waals surface area contributed by atoms with Crippen LogP contribution >= 0.6 is 11.3 Å². The lowest BCUT2D eigenvalue weighted by molar-refractivity contribution is -0.119. The highest BCUT2D eigenvalue weighted by atomic mass is 32.1. The lowest BCUT2D eigenvalue weighted by Crippen LogP contribution is -2.01. The first-order valence-electron chi connectivity index (χ1n) is 5.76. The summed E-state index contributed by atoms with van der Waals surface area (Å²) in [6, 6.07) is 6.00. The second-order valence-electron chi connectivity index (χ2n) is 4.03. The van der Waals surface area contributed by atoms with Gasteiger partial charge in [-0.25, -0.2) is 0 Å². The predicted molar refractivity (Wildman–Crippen MR) is 70.2 cm³/mol. The maximum Gasteiger partial charge on any atom is 0.133 e. The molecule has 2 aromatic heterocycles. The van der Waals surface area contributed by atoms with Crippen LogP contribution in [0.1, 0.15) is 24.0 Å². The van der Waals surface area contributed by atoms with Gasteiger partial charge in [0, 0.05) is 25.2 Å². The predicted octanol–water partition coefficient (Wildman–Crippen LogP) is 3.28. The molecule has 0 aliphatic heterocycles. The Labute approximate surface area is 105 Å². The van der Waals surface area contributed by atoms with Gasteiger partial charge in [-0.05, 0) is 46.9 Å². The van der Waals surface area contributed by atoms with Crippen molar-refractivity contribution >= 4 is 17.1 Å². The van der Waals surface area contributed by atoms with Gasteiger partial charge < -0.3 is 0 Å². The molecule has 2 aromatic rings. The molecular weight excluding hydrogens is 230 g/mol. The van der Waals surface area contributed by atoms with E-state index >= 15 is 0 Å². The molecule has 17 heavy (non-hydrogen) atoms. The second-order valence-corrected chi connectivity index (χ2v) is 4.81. The molecular formula is C14H15NOS. The van der Waals surface area contributed by atoms with E-state index in [-0.39, 0.29) is 0 Å². The number of hydrogen-bond acceptors (Lipinski definition) is 3. The van der Waals surface area contributed by atoms with Crippen LogP contribution in [-0.4, -0.2) is 10.8 Å². The molecule has 0 radical (unpaired) electrons. The number of Topliss-reactive ketones (excluding diaryl/α,β-unsaturated/α-hetero) is 1. The van der Waals surface area contributed by atoms with E-state index in [0.29, 0.717) is 18.6 Å². The SMILES string of the molecule is O=C(CCc1cccnc1)CCc1ccsc1. The van der Waals surface area contributed by atoms with Crippen molar-refractivity contribution < 1.29 is 4.79 Å². The number of carbonyl (C=O) groups is 1. The summed E-state index contributed by atoms with van der Waals surface area (Å²) >= 11 is 1.68. The first-order valence-corrected chi connectivity index (χ1v) is 6.70. The topological polar surface area (TPSA) is 30.0 Å². The molecule has 0 spiro atoms. The summed E-state index contributed by atoms with van der Waals surface area (Å²) in [5.41, 5.74) is 2.40. The fraction of sp³-hybridized carbons (Fsp3) is 0.286. The van der Waals surface area contributed by atoms with Gasteiger partial charge in [0.15, 0.2) is 0 Å². The van der Waals surface area contributed by atoms with Crippen LogP contribution in [0.5, 0.6) is 0 Å². The largest absolute Gasteiger partial charge is 0.300 e. The van der Waals surface area contributed by atoms with Gasteiger partial charge in [-0.3, -0.25) is 9.78 Å². The fourth-order valence-electron chi connectivity index (χ4n) is 1.67. The third-order valence-corrected chi connectivity index (χ3v) is 3.42. The van der Waals surface area contributed by atoms with Crippen LogP contribution in [0.25, 0.3) is 0 Å². The number of nitrogens with zero attached hydrogens (tertiary/aromatic N) is 1. The van der Waals surface area contributed by atoms with Crippen molar-refractivity contribution in [1.29, 1.82) is 0 Å². The molecule has 0 N–H and O–H groups in total. The molecule has 3 heteroatoms. The summed E-state index contributed by atoms with van der Waals surface area (Å²) in [5, 5.41) is 4.16. The molecule has 0 amide bonds. The Bertz CT molecular complexity index is 450. The van der Waals surface area contributed by atoms with E-state index in [1.807, 2.05) is 18.3 Å². The van der Waals surface area contributed by atoms with E-state index < -0.39 is 0 Å². The maximum absolute atomic E-state index is 11.7. The Morgan fingerprint density at radius 2 is 2.00 bits per heavy atom. The van der Waals surface area contributed by atoms with Crippen molar-refractivity contribution in [3.63, 3.8) is 0 Å². The fourth-order valence-corrected chi connectivity index (χ4v) is 2.38. The van der Waals surface area contributed by atoms with Gasteiger partial charge in [0.05, 0.1) is 0 Å². The molecule has 0 aromatic carbocycles. The second kappa shape index (κ2) is 6.30. The lowest BCUT2D eigenvalue weighted by Gasteiger charge is -2.00. The van der Waals surface area contributed by atoms with Gasteiger partial charge in [0.25, 0.3) is 0 Å². The van der Waals surface area contributed by atoms with Crippen LogP contribution in [0, 0.1) is 0 Å². The highest BCUT2D eigenvalue weighted by Crippen LogP contribution is 2.10. The van der Waals surface area contributed by atoms with Crippen molar-refractivity contribution in [2.24, 2.45) is 0 Å². The maximum atomic E-state index is 11.7. The van der Waals surface area contributed by atoms with E-state index in [1.165, 1.54) is 5.56 Å². The quantitative estimate of drug-likeness (QED) is 0.781. The van der Waals surface area contributed by atoms with E-state index in [1.54, 1.807) is 17.5 Å². The van der Waals surface area contributed by atoms with Gasteiger partial charge in [-0.2, -0.15) is 11.3 Å². The van der Waals surface area contributed by atoms with Crippen molar-refractivity contribution in [1.82, 2.24) is 4.98 Å². The van der Waals surface area contributed by atoms with Crippen LogP contribution in [0.15, 0.2) is 41.4 Å². The normalized spacial score (nSPS) is 10.4. The van der Waals surface area contributed by atoms with E-state index in [2.05, 4.69) is 21.8 Å². The number of hydrogen-bond donors (Lipinski definition) is 0. The number of pyridine rings is 1. The van der Waals surface area contributed by atoms with Crippen LogP contribution in [-0.2, 0) is 17.6 Å². The molecule has 0 aliphatic rings. The van der Waals surface area contributed by atoms with Crippen LogP contribution in [0.4, 0.5) is 0 Å². The molecule has 2 nitrogen and oxygen atoms in total. The van der Waals surface area contributed by atoms with Crippen LogP contribution in [0.3, 0.4) is 0 Å². The monoisotopic (exact) mass is 245 g/mol. The summed E-state index contributed by atoms with van der Waals surface area (Å²) in [5.74, 6) is 0.333. The third kappa shape index (κ3) is 4.11. The Kier molecular flexibility index (Phi) is 4.45. The minimum Gasteiger partial charge on any atom is -0.300 e. The number of rotatable bonds is 6. The van der Waals surface area contributed by atoms with Gasteiger partial charge in [-0.1, -0.05) is 6.07 Å². The zero-order valence-electron chi connectivity index (χ0n) is 9.63. The highest BCUT2D eigenvalue weighted by molar-refractivity contribution is 7.07. The van der Waals surface area contributed by atoms with Gasteiger partial charge >= 0.3 is 0 Å². The minimum absolute atomic E-state index is 0.333. The third-order valence-electron chi connectivity index (χ3n) is 2.69. The summed E-state index contributed by atoms with van der Waals surface area (Å²) in [7, 11) is 0. The number of ketones is 1. The molecule has 0 saturated heterocycles. The Balaban J connectivity index is 1.71. The zero-order chi connectivity index (χ0) is 11.9. The summed E-state index contributed by atoms with van der Waals surface area (Å²) in [6.45, 7) is 0. The lowest BCUT2D eigenvalue weighted by atomic mass is 10.0. The molecule has 0 atom stereocenters. The zero-order valence-corrected chi connectivity index (χ0v) is 10.5. The van der Waals surface area contributed by atoms with Crippen LogP contribution < -0.4 is 0 Å². The number of thiophene rings is 1. The molecule has 0 aliphatic carbocycles. The Morgan fingerprint density at radius 1 is 1.18 bits per heavy atom. The van der Waals surface area contributed by atoms with Gasteiger partial charge in [-0.15, -0.1) is 0 Å². The van der Waals surface area contributed by atoms with Crippen molar-refractivity contribution in [3.8, 4) is 0 Å². The first-order chi connectivity index (χ1) is 8.34. The molecule has 88 valence electrons. The van der Waals surface area contributed by atoms with E-state index in [0.717, 1.165) is 18.4 Å². The Hall–Kier alpha value is -1.48. The summed E-state index contributed by atoms with van der Waals surface area (Å²) in [6.07, 6.45) is 6.52.